The van der Waals surface area contributed by atoms with Gasteiger partial charge in [0.25, 0.3) is 0 Å². The molecular formula is C19H18FN5O5S. The highest BCUT2D eigenvalue weighted by atomic mass is 32.2. The van der Waals surface area contributed by atoms with Crippen LogP contribution in [-0.4, -0.2) is 44.5 Å². The van der Waals surface area contributed by atoms with E-state index in [1.54, 1.807) is 18.2 Å². The summed E-state index contributed by atoms with van der Waals surface area (Å²) < 4.78 is 48.2. The maximum Gasteiger partial charge on any atom is 0.323 e. The second-order valence-corrected chi connectivity index (χ2v) is 8.19. The predicted molar refractivity (Wildman–Crippen MR) is 108 cm³/mol. The molecule has 2 aliphatic heterocycles. The first-order chi connectivity index (χ1) is 14.9. The number of nitriles is 1. The Morgan fingerprint density at radius 1 is 1.32 bits per heavy atom. The number of halogens is 1. The first-order valence-electron chi connectivity index (χ1n) is 9.23. The van der Waals surface area contributed by atoms with Crippen LogP contribution >= 0.6 is 0 Å². The molecule has 162 valence electrons. The summed E-state index contributed by atoms with van der Waals surface area (Å²) in [5, 5.41) is 11.1. The second kappa shape index (κ2) is 8.48. The second-order valence-electron chi connectivity index (χ2n) is 6.63. The number of nitrogens with zero attached hydrogens (tertiary/aromatic N) is 4. The first kappa shape index (κ1) is 21.0. The van der Waals surface area contributed by atoms with Crippen molar-refractivity contribution in [3.05, 3.63) is 47.3 Å². The van der Waals surface area contributed by atoms with Gasteiger partial charge in [0.2, 0.25) is 0 Å². The summed E-state index contributed by atoms with van der Waals surface area (Å²) in [5.41, 5.74) is 1.05. The van der Waals surface area contributed by atoms with Crippen LogP contribution in [0.4, 0.5) is 15.8 Å². The molecule has 2 aromatic rings. The number of aliphatic imine (C=N–C) groups is 1. The Balaban J connectivity index is 1.64. The van der Waals surface area contributed by atoms with Gasteiger partial charge in [-0.15, -0.1) is 0 Å². The third-order valence-electron chi connectivity index (χ3n) is 4.61. The predicted octanol–water partition coefficient (Wildman–Crippen LogP) is 2.82. The highest BCUT2D eigenvalue weighted by Gasteiger charge is 2.29. The Morgan fingerprint density at radius 2 is 2.16 bits per heavy atom. The molecule has 0 spiro atoms. The maximum atomic E-state index is 14.6. The lowest BCUT2D eigenvalue weighted by Gasteiger charge is -2.22. The van der Waals surface area contributed by atoms with Crippen molar-refractivity contribution in [3.8, 4) is 17.6 Å². The van der Waals surface area contributed by atoms with Gasteiger partial charge in [0, 0.05) is 12.1 Å². The molecule has 2 heterocycles. The first-order valence-corrected chi connectivity index (χ1v) is 10.7. The molecule has 4 rings (SSSR count). The van der Waals surface area contributed by atoms with Crippen molar-refractivity contribution in [3.63, 3.8) is 0 Å². The van der Waals surface area contributed by atoms with Gasteiger partial charge in [-0.1, -0.05) is 4.47 Å². The van der Waals surface area contributed by atoms with Crippen LogP contribution < -0.4 is 9.46 Å². The number of benzene rings is 2. The molecule has 2 aliphatic rings. The molecule has 1 saturated heterocycles. The SMILES string of the molecule is CON1C=Nc2ccc(Oc3c(F)ccc(NS(=O)(=O)N4CCCO4)c3C#N)cc2C1. The van der Waals surface area contributed by atoms with Crippen LogP contribution in [0.2, 0.25) is 0 Å². The van der Waals surface area contributed by atoms with Gasteiger partial charge in [-0.2, -0.15) is 13.7 Å². The van der Waals surface area contributed by atoms with Crippen molar-refractivity contribution in [2.75, 3.05) is 25.0 Å². The molecule has 0 bridgehead atoms. The Morgan fingerprint density at radius 3 is 2.87 bits per heavy atom. The van der Waals surface area contributed by atoms with E-state index in [1.165, 1.54) is 18.5 Å². The Kier molecular flexibility index (Phi) is 5.75. The fourth-order valence-corrected chi connectivity index (χ4v) is 4.23. The largest absolute Gasteiger partial charge is 0.453 e. The maximum absolute atomic E-state index is 14.6. The number of anilines is 1. The highest BCUT2D eigenvalue weighted by molar-refractivity contribution is 7.90. The van der Waals surface area contributed by atoms with Gasteiger partial charge in [0.15, 0.2) is 11.6 Å². The van der Waals surface area contributed by atoms with Crippen LogP contribution in [0.1, 0.15) is 17.5 Å². The number of nitrogens with one attached hydrogen (secondary N) is 1. The summed E-state index contributed by atoms with van der Waals surface area (Å²) in [6.45, 7) is 0.848. The minimum absolute atomic E-state index is 0.123. The highest BCUT2D eigenvalue weighted by Crippen LogP contribution is 2.36. The molecular weight excluding hydrogens is 429 g/mol. The smallest absolute Gasteiger partial charge is 0.323 e. The van der Waals surface area contributed by atoms with Crippen molar-refractivity contribution >= 4 is 27.9 Å². The fraction of sp³-hybridized carbons (Fsp3) is 0.263. The number of fused-ring (bicyclic) bond motifs is 1. The summed E-state index contributed by atoms with van der Waals surface area (Å²) in [6, 6.07) is 8.91. The normalized spacial score (nSPS) is 16.1. The van der Waals surface area contributed by atoms with Gasteiger partial charge in [0.1, 0.15) is 23.7 Å². The minimum atomic E-state index is -4.07. The number of ether oxygens (including phenoxy) is 1. The van der Waals surface area contributed by atoms with E-state index in [9.17, 15) is 18.1 Å². The number of hydroxylamine groups is 3. The van der Waals surface area contributed by atoms with E-state index in [2.05, 4.69) is 9.71 Å². The Labute approximate surface area is 178 Å². The standard InChI is InChI=1S/C19H18FN5O5S/c1-28-24-11-13-9-14(3-5-17(13)22-12-24)30-19-15(10-21)18(6-4-16(19)20)23-31(26,27)25-7-2-8-29-25/h3-6,9,12,23H,2,7-8,11H2,1H3. The van der Waals surface area contributed by atoms with Crippen LogP contribution in [0.15, 0.2) is 35.3 Å². The van der Waals surface area contributed by atoms with E-state index in [-0.39, 0.29) is 30.2 Å². The van der Waals surface area contributed by atoms with Crippen molar-refractivity contribution in [2.45, 2.75) is 13.0 Å². The van der Waals surface area contributed by atoms with Crippen molar-refractivity contribution in [1.29, 1.82) is 5.26 Å². The Hall–Kier alpha value is -3.24. The monoisotopic (exact) mass is 447 g/mol. The average Bonchev–Trinajstić information content (AvgIpc) is 3.31. The lowest BCUT2D eigenvalue weighted by atomic mass is 10.1. The quantitative estimate of drug-likeness (QED) is 0.724. The molecule has 12 heteroatoms. The topological polar surface area (TPSA) is 116 Å². The zero-order valence-electron chi connectivity index (χ0n) is 16.4. The molecule has 0 amide bonds. The van der Waals surface area contributed by atoms with Crippen molar-refractivity contribution < 1.29 is 27.2 Å². The van der Waals surface area contributed by atoms with Crippen LogP contribution in [0.5, 0.6) is 11.5 Å². The van der Waals surface area contributed by atoms with E-state index in [1.807, 2.05) is 6.07 Å². The number of hydrogen-bond donors (Lipinski definition) is 1. The molecule has 0 radical (unpaired) electrons. The molecule has 1 fully saturated rings. The van der Waals surface area contributed by atoms with E-state index in [4.69, 9.17) is 14.4 Å². The summed E-state index contributed by atoms with van der Waals surface area (Å²) in [5.74, 6) is -0.954. The van der Waals surface area contributed by atoms with Gasteiger partial charge in [0.05, 0.1) is 31.6 Å². The number of rotatable bonds is 6. The summed E-state index contributed by atoms with van der Waals surface area (Å²) in [4.78, 5) is 14.4. The van der Waals surface area contributed by atoms with E-state index in [0.717, 1.165) is 22.2 Å². The zero-order chi connectivity index (χ0) is 22.0. The molecule has 0 atom stereocenters. The Bertz CT molecular complexity index is 1170. The minimum Gasteiger partial charge on any atom is -0.453 e. The molecule has 31 heavy (non-hydrogen) atoms. The van der Waals surface area contributed by atoms with E-state index in [0.29, 0.717) is 18.7 Å². The molecule has 0 saturated carbocycles. The summed E-state index contributed by atoms with van der Waals surface area (Å²) >= 11 is 0. The molecule has 2 aromatic carbocycles. The molecule has 1 N–H and O–H groups in total. The van der Waals surface area contributed by atoms with Crippen molar-refractivity contribution in [2.24, 2.45) is 4.99 Å². The third kappa shape index (κ3) is 4.30. The zero-order valence-corrected chi connectivity index (χ0v) is 17.2. The van der Waals surface area contributed by atoms with Gasteiger partial charge in [-0.3, -0.25) is 14.4 Å². The molecule has 0 aliphatic carbocycles. The average molecular weight is 447 g/mol. The summed E-state index contributed by atoms with van der Waals surface area (Å²) in [7, 11) is -2.57. The van der Waals surface area contributed by atoms with Crippen LogP contribution in [0, 0.1) is 17.1 Å². The molecule has 0 unspecified atom stereocenters. The van der Waals surface area contributed by atoms with Gasteiger partial charge >= 0.3 is 10.2 Å². The number of hydrogen-bond acceptors (Lipinski definition) is 8. The van der Waals surface area contributed by atoms with Crippen molar-refractivity contribution in [1.82, 2.24) is 9.53 Å². The van der Waals surface area contributed by atoms with Gasteiger partial charge in [-0.25, -0.2) is 14.4 Å². The molecule has 10 nitrogen and oxygen atoms in total. The van der Waals surface area contributed by atoms with Crippen LogP contribution in [0.25, 0.3) is 0 Å². The summed E-state index contributed by atoms with van der Waals surface area (Å²) in [6.07, 6.45) is 2.09. The van der Waals surface area contributed by atoms with Gasteiger partial charge < -0.3 is 4.74 Å². The molecule has 0 aromatic heterocycles. The van der Waals surface area contributed by atoms with Crippen LogP contribution in [0.3, 0.4) is 0 Å². The van der Waals surface area contributed by atoms with E-state index >= 15 is 0 Å². The third-order valence-corrected chi connectivity index (χ3v) is 5.91. The lowest BCUT2D eigenvalue weighted by molar-refractivity contribution is -0.0678. The lowest BCUT2D eigenvalue weighted by Crippen LogP contribution is -2.32. The van der Waals surface area contributed by atoms with E-state index < -0.39 is 21.8 Å². The fourth-order valence-electron chi connectivity index (χ4n) is 3.10. The van der Waals surface area contributed by atoms with Gasteiger partial charge in [-0.05, 0) is 36.8 Å². The van der Waals surface area contributed by atoms with Crippen LogP contribution in [-0.2, 0) is 26.4 Å².